The van der Waals surface area contributed by atoms with Gasteiger partial charge in [0.15, 0.2) is 0 Å². The van der Waals surface area contributed by atoms with Crippen LogP contribution in [0.4, 0.5) is 49.5 Å². The predicted molar refractivity (Wildman–Crippen MR) is 93.2 cm³/mol. The summed E-state index contributed by atoms with van der Waals surface area (Å²) in [5.74, 6) is -0.0856. The van der Waals surface area contributed by atoms with Crippen LogP contribution in [-0.2, 0) is 6.18 Å². The average Bonchev–Trinajstić information content (AvgIpc) is 2.60. The number of halogens is 6. The molecule has 5 nitrogen and oxygen atoms in total. The van der Waals surface area contributed by atoms with Crippen LogP contribution >= 0.6 is 0 Å². The normalized spacial score (nSPS) is 11.8. The molecule has 3 rings (SSSR count). The van der Waals surface area contributed by atoms with Gasteiger partial charge in [0, 0.05) is 23.6 Å². The van der Waals surface area contributed by atoms with E-state index in [1.807, 2.05) is 0 Å². The summed E-state index contributed by atoms with van der Waals surface area (Å²) in [7, 11) is 0. The molecule has 29 heavy (non-hydrogen) atoms. The van der Waals surface area contributed by atoms with Gasteiger partial charge in [0.25, 0.3) is 0 Å². The Morgan fingerprint density at radius 2 is 1.52 bits per heavy atom. The molecule has 2 N–H and O–H groups in total. The molecule has 0 aliphatic rings. The van der Waals surface area contributed by atoms with Gasteiger partial charge in [-0.15, -0.1) is 13.2 Å². The standard InChI is InChI=1S/C18H12F6N4O/c19-17(20,21)11-4-6-12(7-5-11)26-15-8-9-25-16(28-15)27-13-2-1-3-14(10-13)29-18(22,23)24/h1-10H,(H2,25,26,27,28). The molecule has 0 saturated heterocycles. The smallest absolute Gasteiger partial charge is 0.406 e. The Labute approximate surface area is 160 Å². The highest BCUT2D eigenvalue weighted by molar-refractivity contribution is 5.60. The number of nitrogens with one attached hydrogen (secondary N) is 2. The fourth-order valence-electron chi connectivity index (χ4n) is 2.28. The Morgan fingerprint density at radius 3 is 2.17 bits per heavy atom. The van der Waals surface area contributed by atoms with E-state index in [9.17, 15) is 26.3 Å². The molecular formula is C18H12F6N4O. The summed E-state index contributed by atoms with van der Waals surface area (Å²) in [6, 6.07) is 10.9. The molecule has 0 unspecified atom stereocenters. The van der Waals surface area contributed by atoms with Crippen molar-refractivity contribution in [2.75, 3.05) is 10.6 Å². The number of hydrogen-bond donors (Lipinski definition) is 2. The molecule has 1 aromatic heterocycles. The minimum atomic E-state index is -4.82. The lowest BCUT2D eigenvalue weighted by Gasteiger charge is -2.12. The third kappa shape index (κ3) is 5.99. The van der Waals surface area contributed by atoms with Crippen LogP contribution in [-0.4, -0.2) is 16.3 Å². The average molecular weight is 414 g/mol. The van der Waals surface area contributed by atoms with E-state index in [1.165, 1.54) is 36.5 Å². The SMILES string of the molecule is FC(F)(F)Oc1cccc(Nc2nccc(Nc3ccc(C(F)(F)F)cc3)n2)c1. The maximum atomic E-state index is 12.6. The van der Waals surface area contributed by atoms with E-state index >= 15 is 0 Å². The van der Waals surface area contributed by atoms with Crippen LogP contribution in [0.2, 0.25) is 0 Å². The largest absolute Gasteiger partial charge is 0.573 e. The first-order valence-electron chi connectivity index (χ1n) is 7.99. The van der Waals surface area contributed by atoms with Gasteiger partial charge < -0.3 is 15.4 Å². The van der Waals surface area contributed by atoms with Gasteiger partial charge >= 0.3 is 12.5 Å². The summed E-state index contributed by atoms with van der Waals surface area (Å²) < 4.78 is 78.6. The molecule has 3 aromatic rings. The summed E-state index contributed by atoms with van der Waals surface area (Å²) in [4.78, 5) is 8.07. The minimum Gasteiger partial charge on any atom is -0.406 e. The summed E-state index contributed by atoms with van der Waals surface area (Å²) >= 11 is 0. The Balaban J connectivity index is 1.71. The van der Waals surface area contributed by atoms with Gasteiger partial charge in [-0.25, -0.2) is 4.98 Å². The second kappa shape index (κ2) is 7.86. The predicted octanol–water partition coefficient (Wildman–Crippen LogP) is 5.88. The lowest BCUT2D eigenvalue weighted by Crippen LogP contribution is -2.17. The lowest BCUT2D eigenvalue weighted by molar-refractivity contribution is -0.274. The Morgan fingerprint density at radius 1 is 0.793 bits per heavy atom. The second-order valence-corrected chi connectivity index (χ2v) is 5.67. The van der Waals surface area contributed by atoms with Gasteiger partial charge in [0.2, 0.25) is 5.95 Å². The molecule has 2 aromatic carbocycles. The Hall–Kier alpha value is -3.50. The van der Waals surface area contributed by atoms with Crippen LogP contribution < -0.4 is 15.4 Å². The van der Waals surface area contributed by atoms with Crippen molar-refractivity contribution >= 4 is 23.1 Å². The van der Waals surface area contributed by atoms with Gasteiger partial charge in [-0.05, 0) is 42.5 Å². The summed E-state index contributed by atoms with van der Waals surface area (Å²) in [5, 5.41) is 5.55. The third-order valence-electron chi connectivity index (χ3n) is 3.46. The van der Waals surface area contributed by atoms with E-state index < -0.39 is 23.9 Å². The monoisotopic (exact) mass is 414 g/mol. The molecule has 11 heteroatoms. The number of aromatic nitrogens is 2. The van der Waals surface area contributed by atoms with E-state index in [0.717, 1.165) is 24.3 Å². The number of hydrogen-bond acceptors (Lipinski definition) is 5. The van der Waals surface area contributed by atoms with Crippen LogP contribution in [0.1, 0.15) is 5.56 Å². The second-order valence-electron chi connectivity index (χ2n) is 5.67. The molecule has 0 saturated carbocycles. The number of rotatable bonds is 5. The van der Waals surface area contributed by atoms with Crippen molar-refractivity contribution in [2.45, 2.75) is 12.5 Å². The van der Waals surface area contributed by atoms with E-state index in [0.29, 0.717) is 5.69 Å². The molecule has 0 aliphatic heterocycles. The van der Waals surface area contributed by atoms with E-state index in [2.05, 4.69) is 25.3 Å². The number of ether oxygens (including phenoxy) is 1. The van der Waals surface area contributed by atoms with Crippen molar-refractivity contribution in [3.63, 3.8) is 0 Å². The molecule has 0 fully saturated rings. The van der Waals surface area contributed by atoms with Crippen LogP contribution in [0.5, 0.6) is 5.75 Å². The number of alkyl halides is 6. The summed E-state index contributed by atoms with van der Waals surface area (Å²) in [6.07, 6.45) is -7.88. The van der Waals surface area contributed by atoms with Gasteiger partial charge in [-0.1, -0.05) is 6.07 Å². The molecule has 0 radical (unpaired) electrons. The lowest BCUT2D eigenvalue weighted by atomic mass is 10.2. The maximum absolute atomic E-state index is 12.6. The Bertz CT molecular complexity index is 973. The highest BCUT2D eigenvalue weighted by Crippen LogP contribution is 2.30. The van der Waals surface area contributed by atoms with Gasteiger partial charge in [-0.2, -0.15) is 18.2 Å². The molecule has 0 spiro atoms. The fourth-order valence-corrected chi connectivity index (χ4v) is 2.28. The number of nitrogens with zero attached hydrogens (tertiary/aromatic N) is 2. The zero-order chi connectivity index (χ0) is 21.1. The zero-order valence-electron chi connectivity index (χ0n) is 14.3. The van der Waals surface area contributed by atoms with Crippen LogP contribution in [0, 0.1) is 0 Å². The van der Waals surface area contributed by atoms with Crippen LogP contribution in [0.3, 0.4) is 0 Å². The topological polar surface area (TPSA) is 59.1 Å². The van der Waals surface area contributed by atoms with Crippen LogP contribution in [0.15, 0.2) is 60.8 Å². The van der Waals surface area contributed by atoms with Gasteiger partial charge in [0.1, 0.15) is 11.6 Å². The summed E-state index contributed by atoms with van der Waals surface area (Å²) in [5.41, 5.74) is -0.171. The van der Waals surface area contributed by atoms with Crippen molar-refractivity contribution < 1.29 is 31.1 Å². The maximum Gasteiger partial charge on any atom is 0.573 e. The molecule has 152 valence electrons. The van der Waals surface area contributed by atoms with Crippen molar-refractivity contribution in [2.24, 2.45) is 0 Å². The Kier molecular flexibility index (Phi) is 5.48. The summed E-state index contributed by atoms with van der Waals surface area (Å²) in [6.45, 7) is 0. The molecule has 1 heterocycles. The molecular weight excluding hydrogens is 402 g/mol. The fraction of sp³-hybridized carbons (Fsp3) is 0.111. The highest BCUT2D eigenvalue weighted by Gasteiger charge is 2.31. The van der Waals surface area contributed by atoms with Gasteiger partial charge in [-0.3, -0.25) is 0 Å². The zero-order valence-corrected chi connectivity index (χ0v) is 14.3. The number of anilines is 4. The molecule has 0 atom stereocenters. The molecule has 0 bridgehead atoms. The number of benzene rings is 2. The highest BCUT2D eigenvalue weighted by atomic mass is 19.4. The van der Waals surface area contributed by atoms with E-state index in [1.54, 1.807) is 0 Å². The first-order valence-corrected chi connectivity index (χ1v) is 7.99. The third-order valence-corrected chi connectivity index (χ3v) is 3.46. The van der Waals surface area contributed by atoms with E-state index in [4.69, 9.17) is 0 Å². The van der Waals surface area contributed by atoms with Crippen molar-refractivity contribution in [1.29, 1.82) is 0 Å². The first-order chi connectivity index (χ1) is 13.6. The van der Waals surface area contributed by atoms with E-state index in [-0.39, 0.29) is 17.5 Å². The van der Waals surface area contributed by atoms with Crippen molar-refractivity contribution in [1.82, 2.24) is 9.97 Å². The van der Waals surface area contributed by atoms with Gasteiger partial charge in [0.05, 0.1) is 5.56 Å². The molecule has 0 aliphatic carbocycles. The first kappa shape index (κ1) is 20.2. The van der Waals surface area contributed by atoms with Crippen molar-refractivity contribution in [3.05, 3.63) is 66.4 Å². The quantitative estimate of drug-likeness (QED) is 0.511. The van der Waals surface area contributed by atoms with Crippen molar-refractivity contribution in [3.8, 4) is 5.75 Å². The van der Waals surface area contributed by atoms with Crippen LogP contribution in [0.25, 0.3) is 0 Å². The molecule has 0 amide bonds. The minimum absolute atomic E-state index is 0.0612.